The number of furan rings is 1. The Bertz CT molecular complexity index is 190. The van der Waals surface area contributed by atoms with Crippen molar-refractivity contribution in [3.8, 4) is 0 Å². The zero-order chi connectivity index (χ0) is 6.10. The van der Waals surface area contributed by atoms with E-state index in [1.165, 1.54) is 10.5 Å². The van der Waals surface area contributed by atoms with E-state index in [2.05, 4.69) is 4.13 Å². The normalized spacial score (nSPS) is 17.3. The molecule has 9 heavy (non-hydrogen) atoms. The number of fused-ring (bicyclic) bond motifs is 1. The van der Waals surface area contributed by atoms with Gasteiger partial charge >= 0.3 is 0 Å². The molecule has 0 saturated heterocycles. The zero-order valence-corrected chi connectivity index (χ0v) is 6.22. The topological polar surface area (TPSA) is 25.2 Å². The predicted octanol–water partition coefficient (Wildman–Crippen LogP) is 2.04. The predicted molar refractivity (Wildman–Crippen MR) is 39.0 cm³/mol. The summed E-state index contributed by atoms with van der Waals surface area (Å²) in [7, 11) is 0. The summed E-state index contributed by atoms with van der Waals surface area (Å²) in [4.78, 5) is 1.22. The van der Waals surface area contributed by atoms with E-state index in [0.717, 1.165) is 5.75 Å². The fourth-order valence-electron chi connectivity index (χ4n) is 0.688. The first-order valence-corrected chi connectivity index (χ1v) is 4.36. The molecule has 0 amide bonds. The van der Waals surface area contributed by atoms with Crippen LogP contribution >= 0.6 is 23.9 Å². The van der Waals surface area contributed by atoms with Gasteiger partial charge in [0, 0.05) is 11.3 Å². The van der Waals surface area contributed by atoms with Crippen LogP contribution in [0.5, 0.6) is 0 Å². The largest absolute Gasteiger partial charge is 0.471 e. The molecular formula is C5H5NOS2. The molecule has 2 rings (SSSR count). The molecule has 0 fully saturated rings. The Morgan fingerprint density at radius 1 is 1.56 bits per heavy atom. The summed E-state index contributed by atoms with van der Waals surface area (Å²) in [6.07, 6.45) is 3.57. The Hall–Kier alpha value is -0.0600. The van der Waals surface area contributed by atoms with Crippen LogP contribution < -0.4 is 4.13 Å². The van der Waals surface area contributed by atoms with E-state index in [9.17, 15) is 0 Å². The molecule has 0 bridgehead atoms. The fourth-order valence-corrected chi connectivity index (χ4v) is 2.34. The lowest BCUT2D eigenvalue weighted by Crippen LogP contribution is -1.97. The Balaban J connectivity index is 2.39. The average Bonchev–Trinajstić information content (AvgIpc) is 2.33. The van der Waals surface area contributed by atoms with Gasteiger partial charge in [-0.1, -0.05) is 11.9 Å². The first-order chi connectivity index (χ1) is 4.47. The quantitative estimate of drug-likeness (QED) is 0.586. The maximum absolute atomic E-state index is 4.99. The summed E-state index contributed by atoms with van der Waals surface area (Å²) >= 11 is 3.31. The maximum Gasteiger partial charge on any atom is 0.105 e. The molecule has 2 nitrogen and oxygen atoms in total. The third-order valence-electron chi connectivity index (χ3n) is 1.14. The highest BCUT2D eigenvalue weighted by molar-refractivity contribution is 8.13. The highest BCUT2D eigenvalue weighted by Crippen LogP contribution is 2.30. The van der Waals surface area contributed by atoms with Gasteiger partial charge in [0.25, 0.3) is 0 Å². The Kier molecular flexibility index (Phi) is 1.45. The Morgan fingerprint density at radius 3 is 3.44 bits per heavy atom. The molecule has 0 radical (unpaired) electrons. The summed E-state index contributed by atoms with van der Waals surface area (Å²) in [5.74, 6) is 1.01. The van der Waals surface area contributed by atoms with Gasteiger partial charge in [-0.2, -0.15) is 0 Å². The lowest BCUT2D eigenvalue weighted by atomic mass is 10.4. The van der Waals surface area contributed by atoms with Crippen molar-refractivity contribution < 1.29 is 4.42 Å². The molecule has 0 aliphatic carbocycles. The highest BCUT2D eigenvalue weighted by Gasteiger charge is 2.10. The van der Waals surface area contributed by atoms with E-state index in [0.29, 0.717) is 0 Å². The maximum atomic E-state index is 4.99. The standard InChI is InChI=1S/C5H5NOS2/c1-4-3-8-6-9-5(4)2-7-1/h1-2,6H,3H2. The van der Waals surface area contributed by atoms with Crippen molar-refractivity contribution in [1.82, 2.24) is 4.13 Å². The van der Waals surface area contributed by atoms with Gasteiger partial charge in [0.05, 0.1) is 11.2 Å². The zero-order valence-electron chi connectivity index (χ0n) is 4.59. The second kappa shape index (κ2) is 2.28. The lowest BCUT2D eigenvalue weighted by molar-refractivity contribution is 0.560. The summed E-state index contributed by atoms with van der Waals surface area (Å²) in [5.41, 5.74) is 1.30. The van der Waals surface area contributed by atoms with E-state index < -0.39 is 0 Å². The minimum atomic E-state index is 1.01. The van der Waals surface area contributed by atoms with Gasteiger partial charge in [0.2, 0.25) is 0 Å². The van der Waals surface area contributed by atoms with Crippen LogP contribution in [0.1, 0.15) is 5.56 Å². The van der Waals surface area contributed by atoms with Gasteiger partial charge in [0.1, 0.15) is 6.26 Å². The van der Waals surface area contributed by atoms with Crippen LogP contribution in [0.2, 0.25) is 0 Å². The molecule has 0 spiro atoms. The van der Waals surface area contributed by atoms with Crippen LogP contribution in [-0.2, 0) is 5.75 Å². The summed E-state index contributed by atoms with van der Waals surface area (Å²) in [6.45, 7) is 0. The van der Waals surface area contributed by atoms with Crippen LogP contribution in [0.4, 0.5) is 0 Å². The minimum Gasteiger partial charge on any atom is -0.471 e. The second-order valence-corrected chi connectivity index (χ2v) is 3.62. The summed E-state index contributed by atoms with van der Waals surface area (Å²) in [5, 5.41) is 0. The van der Waals surface area contributed by atoms with Gasteiger partial charge in [-0.3, -0.25) is 0 Å². The van der Waals surface area contributed by atoms with Crippen LogP contribution in [-0.4, -0.2) is 0 Å². The van der Waals surface area contributed by atoms with Crippen molar-refractivity contribution in [3.63, 3.8) is 0 Å². The molecule has 48 valence electrons. The van der Waals surface area contributed by atoms with Gasteiger partial charge in [-0.15, -0.1) is 0 Å². The monoisotopic (exact) mass is 159 g/mol. The molecule has 4 heteroatoms. The van der Waals surface area contributed by atoms with E-state index >= 15 is 0 Å². The lowest BCUT2D eigenvalue weighted by Gasteiger charge is -2.07. The Labute approximate surface area is 61.7 Å². The first kappa shape index (κ1) is 5.70. The van der Waals surface area contributed by atoms with Crippen molar-refractivity contribution in [2.75, 3.05) is 0 Å². The SMILES string of the molecule is c1occ2c1CSNS2. The number of nitrogens with one attached hydrogen (secondary N) is 1. The van der Waals surface area contributed by atoms with Crippen molar-refractivity contribution in [1.29, 1.82) is 0 Å². The molecule has 1 aliphatic heterocycles. The van der Waals surface area contributed by atoms with Gasteiger partial charge < -0.3 is 4.42 Å². The van der Waals surface area contributed by atoms with E-state index in [4.69, 9.17) is 4.42 Å². The molecular weight excluding hydrogens is 154 g/mol. The van der Waals surface area contributed by atoms with E-state index in [-0.39, 0.29) is 0 Å². The summed E-state index contributed by atoms with van der Waals surface area (Å²) in [6, 6.07) is 0. The molecule has 1 N–H and O–H groups in total. The van der Waals surface area contributed by atoms with E-state index in [1.807, 2.05) is 0 Å². The molecule has 1 aromatic heterocycles. The van der Waals surface area contributed by atoms with Crippen molar-refractivity contribution >= 4 is 23.9 Å². The van der Waals surface area contributed by atoms with Crippen molar-refractivity contribution in [2.45, 2.75) is 10.6 Å². The molecule has 0 saturated carbocycles. The second-order valence-electron chi connectivity index (χ2n) is 1.74. The van der Waals surface area contributed by atoms with Crippen LogP contribution in [0, 0.1) is 0 Å². The molecule has 1 aromatic rings. The van der Waals surface area contributed by atoms with Crippen LogP contribution in [0.25, 0.3) is 0 Å². The van der Waals surface area contributed by atoms with E-state index in [1.54, 1.807) is 36.4 Å². The third kappa shape index (κ3) is 0.976. The fraction of sp³-hybridized carbons (Fsp3) is 0.200. The van der Waals surface area contributed by atoms with Crippen molar-refractivity contribution in [3.05, 3.63) is 18.1 Å². The molecule has 0 unspecified atom stereocenters. The minimum absolute atomic E-state index is 1.01. The van der Waals surface area contributed by atoms with Gasteiger partial charge in [0.15, 0.2) is 0 Å². The van der Waals surface area contributed by atoms with Crippen molar-refractivity contribution in [2.24, 2.45) is 0 Å². The van der Waals surface area contributed by atoms with Gasteiger partial charge in [-0.05, 0) is 11.9 Å². The molecule has 0 atom stereocenters. The third-order valence-corrected chi connectivity index (χ3v) is 2.98. The number of rotatable bonds is 0. The summed E-state index contributed by atoms with van der Waals surface area (Å²) < 4.78 is 8.09. The molecule has 1 aliphatic rings. The highest BCUT2D eigenvalue weighted by atomic mass is 32.2. The number of hydrogen-bond acceptors (Lipinski definition) is 4. The molecule has 2 heterocycles. The van der Waals surface area contributed by atoms with Crippen LogP contribution in [0.15, 0.2) is 21.8 Å². The first-order valence-electron chi connectivity index (χ1n) is 2.55. The van der Waals surface area contributed by atoms with Crippen LogP contribution in [0.3, 0.4) is 0 Å². The Morgan fingerprint density at radius 2 is 2.56 bits per heavy atom. The average molecular weight is 159 g/mol. The smallest absolute Gasteiger partial charge is 0.105 e. The van der Waals surface area contributed by atoms with Gasteiger partial charge in [-0.25, -0.2) is 4.13 Å². The number of hydrogen-bond donors (Lipinski definition) is 1. The molecule has 0 aromatic carbocycles.